The normalized spacial score (nSPS) is 23.6. The van der Waals surface area contributed by atoms with E-state index in [2.05, 4.69) is 11.8 Å². The van der Waals surface area contributed by atoms with E-state index in [0.29, 0.717) is 12.6 Å². The van der Waals surface area contributed by atoms with Crippen molar-refractivity contribution in [1.29, 1.82) is 0 Å². The van der Waals surface area contributed by atoms with Gasteiger partial charge in [-0.1, -0.05) is 6.92 Å². The van der Waals surface area contributed by atoms with Gasteiger partial charge in [-0.15, -0.1) is 0 Å². The van der Waals surface area contributed by atoms with Crippen LogP contribution in [-0.2, 0) is 4.74 Å². The third-order valence-corrected chi connectivity index (χ3v) is 2.98. The molecule has 0 radical (unpaired) electrons. The van der Waals surface area contributed by atoms with Crippen molar-refractivity contribution >= 4 is 0 Å². The summed E-state index contributed by atoms with van der Waals surface area (Å²) in [7, 11) is 0. The third-order valence-electron chi connectivity index (χ3n) is 2.98. The summed E-state index contributed by atoms with van der Waals surface area (Å²) in [6.45, 7) is 6.33. The van der Waals surface area contributed by atoms with Crippen molar-refractivity contribution in [3.05, 3.63) is 0 Å². The van der Waals surface area contributed by atoms with Crippen molar-refractivity contribution in [2.75, 3.05) is 32.8 Å². The zero-order valence-corrected chi connectivity index (χ0v) is 9.69. The summed E-state index contributed by atoms with van der Waals surface area (Å²) in [4.78, 5) is 2.33. The van der Waals surface area contributed by atoms with E-state index in [9.17, 15) is 5.11 Å². The van der Waals surface area contributed by atoms with Crippen LogP contribution in [0.25, 0.3) is 0 Å². The zero-order valence-electron chi connectivity index (χ0n) is 9.69. The van der Waals surface area contributed by atoms with Crippen LogP contribution in [0.2, 0.25) is 0 Å². The molecular weight excluding hydrogens is 192 g/mol. The number of aliphatic hydroxyl groups excluding tert-OH is 1. The second-order valence-electron chi connectivity index (χ2n) is 4.21. The van der Waals surface area contributed by atoms with Crippen LogP contribution in [0, 0.1) is 0 Å². The summed E-state index contributed by atoms with van der Waals surface area (Å²) < 4.78 is 5.59. The van der Waals surface area contributed by atoms with Gasteiger partial charge in [-0.3, -0.25) is 0 Å². The smallest absolute Gasteiger partial charge is 0.0702 e. The molecular formula is C11H24N2O2. The minimum Gasteiger partial charge on any atom is -0.392 e. The van der Waals surface area contributed by atoms with E-state index in [1.54, 1.807) is 0 Å². The van der Waals surface area contributed by atoms with Gasteiger partial charge in [0.25, 0.3) is 0 Å². The summed E-state index contributed by atoms with van der Waals surface area (Å²) in [5.74, 6) is 0. The molecule has 15 heavy (non-hydrogen) atoms. The maximum Gasteiger partial charge on any atom is 0.0702 e. The van der Waals surface area contributed by atoms with Gasteiger partial charge in [-0.2, -0.15) is 0 Å². The Morgan fingerprint density at radius 3 is 2.93 bits per heavy atom. The fourth-order valence-corrected chi connectivity index (χ4v) is 1.90. The minimum atomic E-state index is -0.358. The van der Waals surface area contributed by atoms with Gasteiger partial charge in [0.2, 0.25) is 0 Å². The molecule has 1 saturated heterocycles. The maximum absolute atomic E-state index is 9.38. The topological polar surface area (TPSA) is 58.7 Å². The zero-order chi connectivity index (χ0) is 11.1. The molecule has 3 N–H and O–H groups in total. The van der Waals surface area contributed by atoms with Gasteiger partial charge in [-0.25, -0.2) is 0 Å². The van der Waals surface area contributed by atoms with Crippen LogP contribution in [0.5, 0.6) is 0 Å². The number of likely N-dealkylation sites (N-methyl/N-ethyl adjacent to an activating group) is 1. The molecule has 90 valence electrons. The van der Waals surface area contributed by atoms with Crippen molar-refractivity contribution in [2.45, 2.75) is 38.4 Å². The molecule has 0 saturated carbocycles. The molecule has 4 nitrogen and oxygen atoms in total. The van der Waals surface area contributed by atoms with Gasteiger partial charge in [0, 0.05) is 26.2 Å². The molecule has 0 spiro atoms. The predicted octanol–water partition coefficient (Wildman–Crippen LogP) is 0.197. The van der Waals surface area contributed by atoms with E-state index in [1.165, 1.54) is 12.8 Å². The minimum absolute atomic E-state index is 0.358. The van der Waals surface area contributed by atoms with Crippen LogP contribution in [0.3, 0.4) is 0 Å². The maximum atomic E-state index is 9.38. The van der Waals surface area contributed by atoms with Gasteiger partial charge < -0.3 is 20.5 Å². The van der Waals surface area contributed by atoms with Crippen molar-refractivity contribution in [3.63, 3.8) is 0 Å². The average Bonchev–Trinajstić information content (AvgIpc) is 2.76. The highest BCUT2D eigenvalue weighted by molar-refractivity contribution is 4.71. The molecule has 1 aliphatic heterocycles. The van der Waals surface area contributed by atoms with Gasteiger partial charge in [0.05, 0.1) is 12.2 Å². The van der Waals surface area contributed by atoms with Crippen LogP contribution < -0.4 is 5.73 Å². The molecule has 0 bridgehead atoms. The predicted molar refractivity (Wildman–Crippen MR) is 60.8 cm³/mol. The average molecular weight is 216 g/mol. The lowest BCUT2D eigenvalue weighted by Crippen LogP contribution is -2.35. The molecule has 1 rings (SSSR count). The first kappa shape index (κ1) is 12.9. The molecule has 2 atom stereocenters. The van der Waals surface area contributed by atoms with Crippen LogP contribution in [0.15, 0.2) is 0 Å². The number of rotatable bonds is 7. The summed E-state index contributed by atoms with van der Waals surface area (Å²) in [6.07, 6.45) is 3.17. The van der Waals surface area contributed by atoms with Gasteiger partial charge in [0.1, 0.15) is 0 Å². The fraction of sp³-hybridized carbons (Fsp3) is 1.00. The van der Waals surface area contributed by atoms with Gasteiger partial charge in [0.15, 0.2) is 0 Å². The van der Waals surface area contributed by atoms with Crippen molar-refractivity contribution < 1.29 is 9.84 Å². The van der Waals surface area contributed by atoms with Crippen LogP contribution >= 0.6 is 0 Å². The van der Waals surface area contributed by atoms with Gasteiger partial charge >= 0.3 is 0 Å². The summed E-state index contributed by atoms with van der Waals surface area (Å²) in [5.41, 5.74) is 5.37. The lowest BCUT2D eigenvalue weighted by atomic mass is 10.2. The van der Waals surface area contributed by atoms with Crippen molar-refractivity contribution in [3.8, 4) is 0 Å². The van der Waals surface area contributed by atoms with Crippen LogP contribution in [0.4, 0.5) is 0 Å². The Balaban J connectivity index is 2.16. The highest BCUT2D eigenvalue weighted by Gasteiger charge is 2.18. The highest BCUT2D eigenvalue weighted by Crippen LogP contribution is 2.13. The van der Waals surface area contributed by atoms with Crippen molar-refractivity contribution in [2.24, 2.45) is 5.73 Å². The standard InChI is InChI=1S/C11H24N2O2/c1-2-13(6-5-10(14)8-12)9-11-4-3-7-15-11/h10-11,14H,2-9,12H2,1H3. The number of nitrogens with zero attached hydrogens (tertiary/aromatic N) is 1. The Kier molecular flexibility index (Phi) is 6.17. The van der Waals surface area contributed by atoms with E-state index < -0.39 is 0 Å². The van der Waals surface area contributed by atoms with E-state index in [1.807, 2.05) is 0 Å². The number of nitrogens with two attached hydrogens (primary N) is 1. The molecule has 1 fully saturated rings. The number of aliphatic hydroxyl groups is 1. The number of ether oxygens (including phenoxy) is 1. The molecule has 1 heterocycles. The van der Waals surface area contributed by atoms with E-state index in [0.717, 1.165) is 32.7 Å². The molecule has 4 heteroatoms. The first-order chi connectivity index (χ1) is 7.26. The van der Waals surface area contributed by atoms with E-state index in [-0.39, 0.29) is 6.10 Å². The van der Waals surface area contributed by atoms with Gasteiger partial charge in [-0.05, 0) is 25.8 Å². The van der Waals surface area contributed by atoms with Crippen LogP contribution in [-0.4, -0.2) is 55.0 Å². The summed E-state index contributed by atoms with van der Waals surface area (Å²) in [5, 5.41) is 9.38. The molecule has 0 aliphatic carbocycles. The first-order valence-electron chi connectivity index (χ1n) is 5.98. The summed E-state index contributed by atoms with van der Waals surface area (Å²) >= 11 is 0. The third kappa shape index (κ3) is 4.93. The SMILES string of the molecule is CCN(CCC(O)CN)CC1CCCO1. The quantitative estimate of drug-likeness (QED) is 0.638. The molecule has 0 aromatic carbocycles. The Bertz CT molecular complexity index is 161. The summed E-state index contributed by atoms with van der Waals surface area (Å²) in [6, 6.07) is 0. The van der Waals surface area contributed by atoms with E-state index >= 15 is 0 Å². The first-order valence-corrected chi connectivity index (χ1v) is 5.98. The second-order valence-corrected chi connectivity index (χ2v) is 4.21. The molecule has 0 aromatic heterocycles. The highest BCUT2D eigenvalue weighted by atomic mass is 16.5. The number of hydrogen-bond donors (Lipinski definition) is 2. The Labute approximate surface area is 92.4 Å². The Hall–Kier alpha value is -0.160. The fourth-order valence-electron chi connectivity index (χ4n) is 1.90. The monoisotopic (exact) mass is 216 g/mol. The Morgan fingerprint density at radius 2 is 2.40 bits per heavy atom. The number of hydrogen-bond acceptors (Lipinski definition) is 4. The largest absolute Gasteiger partial charge is 0.392 e. The van der Waals surface area contributed by atoms with E-state index in [4.69, 9.17) is 10.5 Å². The molecule has 0 aromatic rings. The Morgan fingerprint density at radius 1 is 1.60 bits per heavy atom. The lowest BCUT2D eigenvalue weighted by molar-refractivity contribution is 0.0677. The molecule has 1 aliphatic rings. The molecule has 0 amide bonds. The second kappa shape index (κ2) is 7.17. The molecule has 2 unspecified atom stereocenters. The van der Waals surface area contributed by atoms with Crippen LogP contribution in [0.1, 0.15) is 26.2 Å². The van der Waals surface area contributed by atoms with Crippen molar-refractivity contribution in [1.82, 2.24) is 4.90 Å². The lowest BCUT2D eigenvalue weighted by Gasteiger charge is -2.24.